The third-order valence-corrected chi connectivity index (χ3v) is 6.45. The molecule has 0 aliphatic carbocycles. The van der Waals surface area contributed by atoms with Crippen molar-refractivity contribution < 1.29 is 22.7 Å². The molecule has 1 amide bonds. The molecule has 3 rings (SSSR count). The quantitative estimate of drug-likeness (QED) is 0.772. The van der Waals surface area contributed by atoms with Crippen LogP contribution >= 0.6 is 13.5 Å². The molecule has 0 radical (unpaired) electrons. The minimum atomic E-state index is -3.52. The molecule has 0 saturated carbocycles. The highest BCUT2D eigenvalue weighted by atomic mass is 32.2. The fourth-order valence-corrected chi connectivity index (χ4v) is 4.66. The summed E-state index contributed by atoms with van der Waals surface area (Å²) in [6.45, 7) is 3.00. The molecule has 1 aliphatic heterocycles. The van der Waals surface area contributed by atoms with Gasteiger partial charge in [-0.15, -0.1) is 0 Å². The van der Waals surface area contributed by atoms with Gasteiger partial charge in [-0.25, -0.2) is 8.42 Å². The number of rotatable bonds is 6. The maximum absolute atomic E-state index is 12.7. The summed E-state index contributed by atoms with van der Waals surface area (Å²) in [5.41, 5.74) is 1.89. The monoisotopic (exact) mass is 423 g/mol. The van der Waals surface area contributed by atoms with E-state index in [0.717, 1.165) is 12.0 Å². The van der Waals surface area contributed by atoms with Crippen molar-refractivity contribution in [2.45, 2.75) is 18.2 Å². The Morgan fingerprint density at radius 2 is 1.93 bits per heavy atom. The molecule has 1 heterocycles. The lowest BCUT2D eigenvalue weighted by Gasteiger charge is -2.13. The first kappa shape index (κ1) is 22.3. The van der Waals surface area contributed by atoms with Gasteiger partial charge in [0, 0.05) is 12.3 Å². The molecule has 6 nitrogen and oxygen atoms in total. The lowest BCUT2D eigenvalue weighted by atomic mass is 10.1. The summed E-state index contributed by atoms with van der Waals surface area (Å²) < 4.78 is 36.0. The zero-order chi connectivity index (χ0) is 19.4. The molecule has 1 N–H and O–H groups in total. The number of amides is 1. The topological polar surface area (TPSA) is 81.7 Å². The zero-order valence-electron chi connectivity index (χ0n) is 15.9. The number of carbonyl (C=O) groups is 1. The maximum atomic E-state index is 12.7. The van der Waals surface area contributed by atoms with Gasteiger partial charge in [0.1, 0.15) is 5.75 Å². The fraction of sp³-hybridized carbons (Fsp3) is 0.350. The summed E-state index contributed by atoms with van der Waals surface area (Å²) >= 11 is 0. The van der Waals surface area contributed by atoms with Crippen molar-refractivity contribution in [3.63, 3.8) is 0 Å². The van der Waals surface area contributed by atoms with E-state index in [2.05, 4.69) is 5.32 Å². The van der Waals surface area contributed by atoms with Crippen LogP contribution in [0.4, 0.5) is 5.69 Å². The molecule has 2 aromatic carbocycles. The average molecular weight is 424 g/mol. The Bertz CT molecular complexity index is 920. The highest BCUT2D eigenvalue weighted by molar-refractivity contribution is 7.91. The van der Waals surface area contributed by atoms with Crippen LogP contribution in [0.25, 0.3) is 0 Å². The Morgan fingerprint density at radius 1 is 1.21 bits per heavy atom. The zero-order valence-corrected chi connectivity index (χ0v) is 17.7. The molecule has 8 heteroatoms. The van der Waals surface area contributed by atoms with E-state index in [0.29, 0.717) is 24.7 Å². The normalized spacial score (nSPS) is 16.3. The summed E-state index contributed by atoms with van der Waals surface area (Å²) in [6, 6.07) is 11.7. The van der Waals surface area contributed by atoms with E-state index in [1.165, 1.54) is 25.3 Å². The maximum Gasteiger partial charge on any atom is 0.259 e. The molecule has 0 aromatic heterocycles. The minimum Gasteiger partial charge on any atom is -0.496 e. The van der Waals surface area contributed by atoms with Gasteiger partial charge in [0.15, 0.2) is 9.84 Å². The van der Waals surface area contributed by atoms with Crippen molar-refractivity contribution in [1.82, 2.24) is 0 Å². The Kier molecular flexibility index (Phi) is 7.51. The Labute approximate surface area is 172 Å². The average Bonchev–Trinajstić information content (AvgIpc) is 3.15. The van der Waals surface area contributed by atoms with Gasteiger partial charge in [-0.3, -0.25) is 4.79 Å². The van der Waals surface area contributed by atoms with Crippen molar-refractivity contribution in [2.24, 2.45) is 5.92 Å². The Balaban J connectivity index is 0.00000280. The van der Waals surface area contributed by atoms with Gasteiger partial charge in [0.05, 0.1) is 29.9 Å². The third kappa shape index (κ3) is 5.27. The van der Waals surface area contributed by atoms with Gasteiger partial charge in [-0.2, -0.15) is 13.5 Å². The van der Waals surface area contributed by atoms with Gasteiger partial charge in [-0.1, -0.05) is 17.7 Å². The van der Waals surface area contributed by atoms with Crippen LogP contribution in [0.5, 0.6) is 5.75 Å². The van der Waals surface area contributed by atoms with Gasteiger partial charge in [0.2, 0.25) is 0 Å². The van der Waals surface area contributed by atoms with Crippen LogP contribution < -0.4 is 10.1 Å². The summed E-state index contributed by atoms with van der Waals surface area (Å²) in [5.74, 6) is -0.0973. The van der Waals surface area contributed by atoms with Crippen molar-refractivity contribution in [3.05, 3.63) is 53.6 Å². The smallest absolute Gasteiger partial charge is 0.259 e. The SMILES string of the molecule is COc1ccc(S(=O)(=O)C[C@H]2CCOC2)cc1C(=O)Nc1ccc(C)cc1.S. The van der Waals surface area contributed by atoms with Crippen molar-refractivity contribution in [2.75, 3.05) is 31.4 Å². The van der Waals surface area contributed by atoms with Crippen molar-refractivity contribution in [1.29, 1.82) is 0 Å². The van der Waals surface area contributed by atoms with E-state index in [1.807, 2.05) is 19.1 Å². The number of sulfone groups is 1. The van der Waals surface area contributed by atoms with Crippen LogP contribution in [0.2, 0.25) is 0 Å². The van der Waals surface area contributed by atoms with Crippen LogP contribution in [-0.2, 0) is 14.6 Å². The van der Waals surface area contributed by atoms with E-state index < -0.39 is 15.7 Å². The number of ether oxygens (including phenoxy) is 2. The molecular weight excluding hydrogens is 398 g/mol. The highest BCUT2D eigenvalue weighted by Gasteiger charge is 2.26. The van der Waals surface area contributed by atoms with E-state index in [9.17, 15) is 13.2 Å². The number of aryl methyl sites for hydroxylation is 1. The van der Waals surface area contributed by atoms with Crippen LogP contribution in [0.3, 0.4) is 0 Å². The highest BCUT2D eigenvalue weighted by Crippen LogP contribution is 2.26. The molecule has 0 spiro atoms. The summed E-state index contributed by atoms with van der Waals surface area (Å²) in [6.07, 6.45) is 0.732. The molecular formula is C20H25NO5S2. The van der Waals surface area contributed by atoms with E-state index >= 15 is 0 Å². The van der Waals surface area contributed by atoms with Crippen LogP contribution in [0.15, 0.2) is 47.4 Å². The first-order valence-corrected chi connectivity index (χ1v) is 10.4. The molecule has 1 saturated heterocycles. The molecule has 1 atom stereocenters. The van der Waals surface area contributed by atoms with Gasteiger partial charge in [0.25, 0.3) is 5.91 Å². The number of methoxy groups -OCH3 is 1. The first-order valence-electron chi connectivity index (χ1n) is 8.75. The van der Waals surface area contributed by atoms with Crippen LogP contribution in [0, 0.1) is 12.8 Å². The van der Waals surface area contributed by atoms with E-state index in [-0.39, 0.29) is 35.6 Å². The largest absolute Gasteiger partial charge is 0.496 e. The minimum absolute atomic E-state index is 0. The lowest BCUT2D eigenvalue weighted by Crippen LogP contribution is -2.18. The fourth-order valence-electron chi connectivity index (χ4n) is 3.01. The van der Waals surface area contributed by atoms with E-state index in [4.69, 9.17) is 9.47 Å². The number of hydrogen-bond acceptors (Lipinski definition) is 5. The Morgan fingerprint density at radius 3 is 2.54 bits per heavy atom. The van der Waals surface area contributed by atoms with Crippen LogP contribution in [-0.4, -0.2) is 40.4 Å². The number of carbonyl (C=O) groups excluding carboxylic acids is 1. The number of hydrogen-bond donors (Lipinski definition) is 1. The molecule has 28 heavy (non-hydrogen) atoms. The molecule has 152 valence electrons. The second kappa shape index (κ2) is 9.45. The van der Waals surface area contributed by atoms with Gasteiger partial charge >= 0.3 is 0 Å². The van der Waals surface area contributed by atoms with Gasteiger partial charge in [-0.05, 0) is 49.6 Å². The van der Waals surface area contributed by atoms with E-state index in [1.54, 1.807) is 12.1 Å². The Hall–Kier alpha value is -2.03. The molecule has 2 aromatic rings. The summed E-state index contributed by atoms with van der Waals surface area (Å²) in [7, 11) is -2.07. The molecule has 1 aliphatic rings. The molecule has 0 bridgehead atoms. The molecule has 1 fully saturated rings. The molecule has 0 unspecified atom stereocenters. The standard InChI is InChI=1S/C20H23NO5S.H2S/c1-14-3-5-16(6-4-14)21-20(22)18-11-17(7-8-19(18)25-2)27(23,24)13-15-9-10-26-12-15;/h3-8,11,15H,9-10,12-13H2,1-2H3,(H,21,22);1H2/t15-;/m0./s1. The number of benzene rings is 2. The number of nitrogens with one attached hydrogen (secondary N) is 1. The second-order valence-electron chi connectivity index (χ2n) is 6.69. The summed E-state index contributed by atoms with van der Waals surface area (Å²) in [5, 5.41) is 2.78. The first-order chi connectivity index (χ1) is 12.9. The predicted octanol–water partition coefficient (Wildman–Crippen LogP) is 3.18. The van der Waals surface area contributed by atoms with Crippen molar-refractivity contribution in [3.8, 4) is 5.75 Å². The summed E-state index contributed by atoms with van der Waals surface area (Å²) in [4.78, 5) is 12.8. The van der Waals surface area contributed by atoms with Crippen molar-refractivity contribution >= 4 is 34.9 Å². The lowest BCUT2D eigenvalue weighted by molar-refractivity contribution is 0.102. The van der Waals surface area contributed by atoms with Crippen LogP contribution in [0.1, 0.15) is 22.3 Å². The second-order valence-corrected chi connectivity index (χ2v) is 8.73. The third-order valence-electron chi connectivity index (χ3n) is 4.56. The van der Waals surface area contributed by atoms with Gasteiger partial charge < -0.3 is 14.8 Å². The predicted molar refractivity (Wildman–Crippen MR) is 113 cm³/mol. The number of anilines is 1.